The maximum atomic E-state index is 4.45. The molecule has 0 fully saturated rings. The van der Waals surface area contributed by atoms with Crippen molar-refractivity contribution in [2.75, 3.05) is 6.54 Å². The van der Waals surface area contributed by atoms with Crippen LogP contribution in [0.15, 0.2) is 24.4 Å². The summed E-state index contributed by atoms with van der Waals surface area (Å²) in [6.07, 6.45) is 1.88. The van der Waals surface area contributed by atoms with Crippen LogP contribution in [-0.2, 0) is 13.1 Å². The third-order valence-corrected chi connectivity index (χ3v) is 3.51. The maximum absolute atomic E-state index is 4.45. The molecule has 102 valence electrons. The lowest BCUT2D eigenvalue weighted by atomic mass is 10.00. The number of hydrogen-bond acceptors (Lipinski definition) is 2. The summed E-state index contributed by atoms with van der Waals surface area (Å²) in [5.74, 6) is 0. The van der Waals surface area contributed by atoms with Crippen molar-refractivity contribution in [1.29, 1.82) is 0 Å². The zero-order valence-electron chi connectivity index (χ0n) is 12.3. The molecule has 1 N–H and O–H groups in total. The number of benzene rings is 1. The zero-order chi connectivity index (χ0) is 13.8. The Hall–Kier alpha value is -1.61. The third kappa shape index (κ3) is 3.24. The highest BCUT2D eigenvalue weighted by Gasteiger charge is 2.08. The van der Waals surface area contributed by atoms with Gasteiger partial charge in [-0.15, -0.1) is 0 Å². The van der Waals surface area contributed by atoms with Crippen LogP contribution in [0.5, 0.6) is 0 Å². The second-order valence-corrected chi connectivity index (χ2v) is 5.14. The van der Waals surface area contributed by atoms with E-state index in [1.54, 1.807) is 0 Å². The van der Waals surface area contributed by atoms with Gasteiger partial charge in [0.2, 0.25) is 0 Å². The first-order valence-electron chi connectivity index (χ1n) is 6.90. The molecule has 1 aromatic heterocycles. The Morgan fingerprint density at radius 3 is 2.47 bits per heavy atom. The molecule has 19 heavy (non-hydrogen) atoms. The van der Waals surface area contributed by atoms with E-state index in [1.165, 1.54) is 27.9 Å². The fourth-order valence-electron chi connectivity index (χ4n) is 2.51. The number of aromatic nitrogens is 2. The third-order valence-electron chi connectivity index (χ3n) is 3.51. The van der Waals surface area contributed by atoms with Gasteiger partial charge in [-0.2, -0.15) is 5.10 Å². The second kappa shape index (κ2) is 6.02. The van der Waals surface area contributed by atoms with Crippen LogP contribution in [0.1, 0.15) is 34.9 Å². The Balaban J connectivity index is 2.24. The van der Waals surface area contributed by atoms with Gasteiger partial charge in [0.1, 0.15) is 0 Å². The van der Waals surface area contributed by atoms with Crippen molar-refractivity contribution < 1.29 is 0 Å². The Morgan fingerprint density at radius 1 is 1.16 bits per heavy atom. The van der Waals surface area contributed by atoms with Crippen molar-refractivity contribution in [2.45, 2.75) is 40.8 Å². The van der Waals surface area contributed by atoms with Crippen molar-refractivity contribution in [3.63, 3.8) is 0 Å². The molecule has 0 saturated heterocycles. The first-order chi connectivity index (χ1) is 9.11. The van der Waals surface area contributed by atoms with Crippen LogP contribution >= 0.6 is 0 Å². The van der Waals surface area contributed by atoms with E-state index < -0.39 is 0 Å². The van der Waals surface area contributed by atoms with Crippen molar-refractivity contribution in [3.05, 3.63) is 52.3 Å². The quantitative estimate of drug-likeness (QED) is 0.892. The lowest BCUT2D eigenvalue weighted by Crippen LogP contribution is -2.17. The molecule has 0 atom stereocenters. The molecule has 3 nitrogen and oxygen atoms in total. The van der Waals surface area contributed by atoms with Gasteiger partial charge in [-0.05, 0) is 50.1 Å². The van der Waals surface area contributed by atoms with E-state index in [0.717, 1.165) is 19.6 Å². The van der Waals surface area contributed by atoms with Crippen LogP contribution in [0, 0.1) is 20.8 Å². The largest absolute Gasteiger partial charge is 0.311 e. The van der Waals surface area contributed by atoms with E-state index in [2.05, 4.69) is 61.0 Å². The molecule has 0 bridgehead atoms. The smallest absolute Gasteiger partial charge is 0.0668 e. The van der Waals surface area contributed by atoms with E-state index in [9.17, 15) is 0 Å². The molecule has 0 amide bonds. The zero-order valence-corrected chi connectivity index (χ0v) is 12.3. The monoisotopic (exact) mass is 257 g/mol. The summed E-state index contributed by atoms with van der Waals surface area (Å²) in [4.78, 5) is 0. The fraction of sp³-hybridized carbons (Fsp3) is 0.438. The van der Waals surface area contributed by atoms with Crippen LogP contribution in [0.2, 0.25) is 0 Å². The van der Waals surface area contributed by atoms with Gasteiger partial charge in [0.25, 0.3) is 0 Å². The van der Waals surface area contributed by atoms with Crippen molar-refractivity contribution in [2.24, 2.45) is 0 Å². The van der Waals surface area contributed by atoms with Gasteiger partial charge in [-0.25, -0.2) is 0 Å². The lowest BCUT2D eigenvalue weighted by Gasteiger charge is -2.13. The molecule has 0 aliphatic rings. The topological polar surface area (TPSA) is 29.9 Å². The first-order valence-corrected chi connectivity index (χ1v) is 6.90. The van der Waals surface area contributed by atoms with Gasteiger partial charge in [0.05, 0.1) is 12.2 Å². The summed E-state index contributed by atoms with van der Waals surface area (Å²) in [7, 11) is 0. The molecular formula is C16H23N3. The molecule has 0 aliphatic heterocycles. The van der Waals surface area contributed by atoms with Crippen LogP contribution < -0.4 is 5.32 Å². The SMILES string of the molecule is CCNCc1ccnn1Cc1c(C)cc(C)cc1C. The van der Waals surface area contributed by atoms with Gasteiger partial charge in [-0.3, -0.25) is 4.68 Å². The Labute approximate surface area is 115 Å². The number of rotatable bonds is 5. The predicted molar refractivity (Wildman–Crippen MR) is 79.4 cm³/mol. The number of aryl methyl sites for hydroxylation is 3. The number of nitrogens with zero attached hydrogens (tertiary/aromatic N) is 2. The maximum Gasteiger partial charge on any atom is 0.0668 e. The van der Waals surface area contributed by atoms with Gasteiger partial charge < -0.3 is 5.32 Å². The minimum atomic E-state index is 0.853. The molecule has 3 heteroatoms. The van der Waals surface area contributed by atoms with Crippen molar-refractivity contribution in [1.82, 2.24) is 15.1 Å². The van der Waals surface area contributed by atoms with Gasteiger partial charge in [0.15, 0.2) is 0 Å². The molecule has 2 rings (SSSR count). The highest BCUT2D eigenvalue weighted by molar-refractivity contribution is 5.37. The summed E-state index contributed by atoms with van der Waals surface area (Å²) < 4.78 is 2.09. The van der Waals surface area contributed by atoms with Crippen LogP contribution in [0.25, 0.3) is 0 Å². The average Bonchev–Trinajstić information content (AvgIpc) is 2.78. The Morgan fingerprint density at radius 2 is 1.84 bits per heavy atom. The normalized spacial score (nSPS) is 10.9. The lowest BCUT2D eigenvalue weighted by molar-refractivity contribution is 0.603. The summed E-state index contributed by atoms with van der Waals surface area (Å²) in [6, 6.07) is 6.58. The summed E-state index contributed by atoms with van der Waals surface area (Å²) in [5, 5.41) is 7.80. The highest BCUT2D eigenvalue weighted by atomic mass is 15.3. The second-order valence-electron chi connectivity index (χ2n) is 5.14. The molecule has 2 aromatic rings. The highest BCUT2D eigenvalue weighted by Crippen LogP contribution is 2.18. The molecule has 1 aromatic carbocycles. The molecule has 0 spiro atoms. The minimum Gasteiger partial charge on any atom is -0.311 e. The van der Waals surface area contributed by atoms with E-state index in [0.29, 0.717) is 0 Å². The average molecular weight is 257 g/mol. The Kier molecular flexibility index (Phi) is 4.38. The Bertz CT molecular complexity index is 532. The van der Waals surface area contributed by atoms with Crippen LogP contribution in [0.4, 0.5) is 0 Å². The summed E-state index contributed by atoms with van der Waals surface area (Å²) in [6.45, 7) is 11.3. The first kappa shape index (κ1) is 13.8. The summed E-state index contributed by atoms with van der Waals surface area (Å²) in [5.41, 5.74) is 6.64. The van der Waals surface area contributed by atoms with E-state index in [1.807, 2.05) is 6.20 Å². The minimum absolute atomic E-state index is 0.853. The van der Waals surface area contributed by atoms with Crippen LogP contribution in [-0.4, -0.2) is 16.3 Å². The fourth-order valence-corrected chi connectivity index (χ4v) is 2.51. The molecule has 0 saturated carbocycles. The summed E-state index contributed by atoms with van der Waals surface area (Å²) >= 11 is 0. The molecule has 0 radical (unpaired) electrons. The molecular weight excluding hydrogens is 234 g/mol. The van der Waals surface area contributed by atoms with E-state index >= 15 is 0 Å². The van der Waals surface area contributed by atoms with E-state index in [4.69, 9.17) is 0 Å². The number of nitrogens with one attached hydrogen (secondary N) is 1. The standard InChI is InChI=1S/C16H23N3/c1-5-17-10-15-6-7-18-19(15)11-16-13(3)8-12(2)9-14(16)4/h6-9,17H,5,10-11H2,1-4H3. The van der Waals surface area contributed by atoms with Crippen molar-refractivity contribution >= 4 is 0 Å². The van der Waals surface area contributed by atoms with Gasteiger partial charge >= 0.3 is 0 Å². The molecule has 1 heterocycles. The van der Waals surface area contributed by atoms with E-state index in [-0.39, 0.29) is 0 Å². The van der Waals surface area contributed by atoms with Gasteiger partial charge in [0, 0.05) is 12.7 Å². The number of hydrogen-bond donors (Lipinski definition) is 1. The van der Waals surface area contributed by atoms with Crippen LogP contribution in [0.3, 0.4) is 0 Å². The molecule has 0 aliphatic carbocycles. The van der Waals surface area contributed by atoms with Gasteiger partial charge in [-0.1, -0.05) is 24.6 Å². The molecule has 0 unspecified atom stereocenters. The predicted octanol–water partition coefficient (Wildman–Crippen LogP) is 2.97. The van der Waals surface area contributed by atoms with Crippen molar-refractivity contribution in [3.8, 4) is 0 Å².